The van der Waals surface area contributed by atoms with Gasteiger partial charge in [-0.15, -0.1) is 5.10 Å². The van der Waals surface area contributed by atoms with Gasteiger partial charge in [0, 0.05) is 34.9 Å². The second-order valence-corrected chi connectivity index (χ2v) is 7.69. The minimum absolute atomic E-state index is 0.254. The Bertz CT molecular complexity index is 1320. The lowest BCUT2D eigenvalue weighted by Crippen LogP contribution is -2.31. The van der Waals surface area contributed by atoms with E-state index in [4.69, 9.17) is 16.7 Å². The number of halogens is 1. The summed E-state index contributed by atoms with van der Waals surface area (Å²) < 4.78 is 1.72. The standard InChI is InChI=1S/C23H18ClN7O/c1-14-19(22(32)28-18-6-3-9-26-13-18)20(15-7-10-25-11-8-15)31-23(27-14)29-21(30-31)16-4-2-5-17(24)12-16/h2-13,20H,1H3,(H,28,32)(H,27,29,30). The number of rotatable bonds is 4. The number of anilines is 2. The Morgan fingerprint density at radius 3 is 2.69 bits per heavy atom. The van der Waals surface area contributed by atoms with E-state index >= 15 is 0 Å². The molecule has 1 aliphatic rings. The Kier molecular flexibility index (Phi) is 5.12. The fourth-order valence-electron chi connectivity index (χ4n) is 3.68. The monoisotopic (exact) mass is 443 g/mol. The van der Waals surface area contributed by atoms with Gasteiger partial charge in [0.05, 0.1) is 17.5 Å². The van der Waals surface area contributed by atoms with Crippen LogP contribution in [0.1, 0.15) is 18.5 Å². The lowest BCUT2D eigenvalue weighted by atomic mass is 9.96. The molecule has 0 saturated heterocycles. The molecule has 1 aliphatic heterocycles. The molecule has 32 heavy (non-hydrogen) atoms. The van der Waals surface area contributed by atoms with Gasteiger partial charge < -0.3 is 10.6 Å². The molecule has 0 radical (unpaired) electrons. The molecule has 0 spiro atoms. The number of nitrogens with zero attached hydrogens (tertiary/aromatic N) is 5. The number of carbonyl (C=O) groups is 1. The van der Waals surface area contributed by atoms with Gasteiger partial charge in [-0.05, 0) is 48.9 Å². The molecule has 9 heteroatoms. The zero-order valence-electron chi connectivity index (χ0n) is 17.0. The van der Waals surface area contributed by atoms with Gasteiger partial charge in [0.2, 0.25) is 5.95 Å². The van der Waals surface area contributed by atoms with Gasteiger partial charge in [0.1, 0.15) is 6.04 Å². The average molecular weight is 444 g/mol. The highest BCUT2D eigenvalue weighted by molar-refractivity contribution is 6.30. The van der Waals surface area contributed by atoms with Crippen molar-refractivity contribution in [1.82, 2.24) is 24.7 Å². The van der Waals surface area contributed by atoms with Crippen LogP contribution in [0.5, 0.6) is 0 Å². The van der Waals surface area contributed by atoms with Crippen molar-refractivity contribution >= 4 is 29.1 Å². The molecule has 1 atom stereocenters. The molecule has 4 heterocycles. The Labute approximate surface area is 189 Å². The van der Waals surface area contributed by atoms with Gasteiger partial charge >= 0.3 is 0 Å². The lowest BCUT2D eigenvalue weighted by molar-refractivity contribution is -0.113. The van der Waals surface area contributed by atoms with Gasteiger partial charge in [0.25, 0.3) is 5.91 Å². The molecular formula is C23H18ClN7O. The summed E-state index contributed by atoms with van der Waals surface area (Å²) in [6.07, 6.45) is 6.64. The number of fused-ring (bicyclic) bond motifs is 1. The summed E-state index contributed by atoms with van der Waals surface area (Å²) in [5.41, 5.74) is 3.46. The second kappa shape index (κ2) is 8.24. The molecule has 0 fully saturated rings. The van der Waals surface area contributed by atoms with Crippen LogP contribution < -0.4 is 10.6 Å². The molecular weight excluding hydrogens is 426 g/mol. The van der Waals surface area contributed by atoms with Crippen molar-refractivity contribution in [3.8, 4) is 11.4 Å². The number of pyridine rings is 2. The summed E-state index contributed by atoms with van der Waals surface area (Å²) in [5.74, 6) is 0.795. The Balaban J connectivity index is 1.60. The van der Waals surface area contributed by atoms with E-state index in [1.54, 1.807) is 53.7 Å². The first-order chi connectivity index (χ1) is 15.6. The topological polar surface area (TPSA) is 97.6 Å². The molecule has 8 nitrogen and oxygen atoms in total. The molecule has 2 N–H and O–H groups in total. The van der Waals surface area contributed by atoms with Gasteiger partial charge in [-0.2, -0.15) is 4.98 Å². The summed E-state index contributed by atoms with van der Waals surface area (Å²) in [6.45, 7) is 1.85. The van der Waals surface area contributed by atoms with E-state index in [-0.39, 0.29) is 5.91 Å². The summed E-state index contributed by atoms with van der Waals surface area (Å²) in [5, 5.41) is 11.5. The smallest absolute Gasteiger partial charge is 0.255 e. The number of amides is 1. The van der Waals surface area contributed by atoms with Gasteiger partial charge in [0.15, 0.2) is 5.82 Å². The summed E-state index contributed by atoms with van der Waals surface area (Å²) in [6, 6.07) is 14.1. The maximum Gasteiger partial charge on any atom is 0.255 e. The van der Waals surface area contributed by atoms with Crippen molar-refractivity contribution in [2.45, 2.75) is 13.0 Å². The van der Waals surface area contributed by atoms with Crippen LogP contribution in [0.15, 0.2) is 84.6 Å². The third kappa shape index (κ3) is 3.72. The molecule has 3 aromatic heterocycles. The van der Waals surface area contributed by atoms with Crippen LogP contribution in [0, 0.1) is 0 Å². The van der Waals surface area contributed by atoms with Crippen molar-refractivity contribution in [2.24, 2.45) is 0 Å². The van der Waals surface area contributed by atoms with E-state index in [0.29, 0.717) is 33.8 Å². The number of allylic oxidation sites excluding steroid dienone is 1. The van der Waals surface area contributed by atoms with Crippen LogP contribution in [0.25, 0.3) is 11.4 Å². The zero-order valence-corrected chi connectivity index (χ0v) is 17.8. The van der Waals surface area contributed by atoms with Crippen LogP contribution in [-0.4, -0.2) is 30.6 Å². The Morgan fingerprint density at radius 2 is 1.94 bits per heavy atom. The van der Waals surface area contributed by atoms with Crippen LogP contribution >= 0.6 is 11.6 Å². The molecule has 158 valence electrons. The lowest BCUT2D eigenvalue weighted by Gasteiger charge is -2.28. The average Bonchev–Trinajstić information content (AvgIpc) is 3.23. The van der Waals surface area contributed by atoms with E-state index in [1.165, 1.54) is 0 Å². The van der Waals surface area contributed by atoms with Gasteiger partial charge in [-0.25, -0.2) is 4.68 Å². The normalized spacial score (nSPS) is 15.1. The minimum atomic E-state index is -0.494. The highest BCUT2D eigenvalue weighted by Crippen LogP contribution is 2.36. The largest absolute Gasteiger partial charge is 0.328 e. The Hall–Kier alpha value is -4.04. The van der Waals surface area contributed by atoms with E-state index in [2.05, 4.69) is 25.6 Å². The first-order valence-corrected chi connectivity index (χ1v) is 10.3. The third-order valence-electron chi connectivity index (χ3n) is 5.12. The summed E-state index contributed by atoms with van der Waals surface area (Å²) >= 11 is 6.16. The summed E-state index contributed by atoms with van der Waals surface area (Å²) in [7, 11) is 0. The summed E-state index contributed by atoms with van der Waals surface area (Å²) in [4.78, 5) is 26.2. The predicted molar refractivity (Wildman–Crippen MR) is 122 cm³/mol. The zero-order chi connectivity index (χ0) is 22.1. The number of hydrogen-bond acceptors (Lipinski definition) is 6. The molecule has 5 rings (SSSR count). The first-order valence-electron chi connectivity index (χ1n) is 9.92. The fourth-order valence-corrected chi connectivity index (χ4v) is 3.87. The molecule has 0 saturated carbocycles. The number of hydrogen-bond donors (Lipinski definition) is 2. The van der Waals surface area contributed by atoms with Gasteiger partial charge in [-0.1, -0.05) is 23.7 Å². The number of benzene rings is 1. The minimum Gasteiger partial charge on any atom is -0.328 e. The van der Waals surface area contributed by atoms with E-state index in [1.807, 2.05) is 31.2 Å². The van der Waals surface area contributed by atoms with Crippen molar-refractivity contribution in [3.05, 3.63) is 95.2 Å². The SMILES string of the molecule is CC1=C(C(=O)Nc2cccnc2)C(c2ccncc2)n2nc(-c3cccc(Cl)c3)nc2N1. The molecule has 4 aromatic rings. The van der Waals surface area contributed by atoms with Crippen LogP contribution in [0.2, 0.25) is 5.02 Å². The van der Waals surface area contributed by atoms with E-state index in [0.717, 1.165) is 11.1 Å². The third-order valence-corrected chi connectivity index (χ3v) is 5.36. The molecule has 0 bridgehead atoms. The van der Waals surface area contributed by atoms with Crippen LogP contribution in [0.4, 0.5) is 11.6 Å². The van der Waals surface area contributed by atoms with E-state index < -0.39 is 6.04 Å². The molecule has 1 amide bonds. The highest BCUT2D eigenvalue weighted by atomic mass is 35.5. The van der Waals surface area contributed by atoms with E-state index in [9.17, 15) is 4.79 Å². The maximum absolute atomic E-state index is 13.4. The maximum atomic E-state index is 13.4. The predicted octanol–water partition coefficient (Wildman–Crippen LogP) is 4.32. The van der Waals surface area contributed by atoms with Crippen molar-refractivity contribution in [2.75, 3.05) is 10.6 Å². The molecule has 1 aromatic carbocycles. The first kappa shape index (κ1) is 19.9. The highest BCUT2D eigenvalue weighted by Gasteiger charge is 2.34. The number of carbonyl (C=O) groups excluding carboxylic acids is 1. The van der Waals surface area contributed by atoms with Crippen molar-refractivity contribution < 1.29 is 4.79 Å². The Morgan fingerprint density at radius 1 is 1.09 bits per heavy atom. The fraction of sp³-hybridized carbons (Fsp3) is 0.0870. The van der Waals surface area contributed by atoms with Crippen molar-refractivity contribution in [1.29, 1.82) is 0 Å². The van der Waals surface area contributed by atoms with Gasteiger partial charge in [-0.3, -0.25) is 14.8 Å². The number of aromatic nitrogens is 5. The van der Waals surface area contributed by atoms with Crippen LogP contribution in [0.3, 0.4) is 0 Å². The van der Waals surface area contributed by atoms with Crippen LogP contribution in [-0.2, 0) is 4.79 Å². The molecule has 0 aliphatic carbocycles. The number of nitrogens with one attached hydrogen (secondary N) is 2. The van der Waals surface area contributed by atoms with Crippen molar-refractivity contribution in [3.63, 3.8) is 0 Å². The molecule has 1 unspecified atom stereocenters. The second-order valence-electron chi connectivity index (χ2n) is 7.26. The quantitative estimate of drug-likeness (QED) is 0.487.